The number of nitrogens with two attached hydrogens (primary N) is 1. The van der Waals surface area contributed by atoms with Crippen molar-refractivity contribution in [3.05, 3.63) is 34.3 Å². The van der Waals surface area contributed by atoms with Gasteiger partial charge in [0.25, 0.3) is 0 Å². The third-order valence-corrected chi connectivity index (χ3v) is 5.56. The number of likely N-dealkylation sites (tertiary alicyclic amines) is 1. The maximum Gasteiger partial charge on any atom is 0.246 e. The summed E-state index contributed by atoms with van der Waals surface area (Å²) in [6.07, 6.45) is 5.01. The highest BCUT2D eigenvalue weighted by molar-refractivity contribution is 9.10. The van der Waals surface area contributed by atoms with E-state index in [1.165, 1.54) is 19.3 Å². The number of carbonyl (C=O) groups is 1. The fourth-order valence-corrected chi connectivity index (χ4v) is 3.71. The normalized spacial score (nSPS) is 22.3. The lowest BCUT2D eigenvalue weighted by Gasteiger charge is -2.38. The van der Waals surface area contributed by atoms with Gasteiger partial charge in [-0.15, -0.1) is 12.4 Å². The van der Waals surface area contributed by atoms with Gasteiger partial charge in [0, 0.05) is 17.6 Å². The molecule has 1 aliphatic heterocycles. The van der Waals surface area contributed by atoms with E-state index in [-0.39, 0.29) is 18.3 Å². The molecule has 21 heavy (non-hydrogen) atoms. The fourth-order valence-electron chi connectivity index (χ4n) is 3.44. The van der Waals surface area contributed by atoms with Gasteiger partial charge in [0.05, 0.1) is 0 Å². The molecule has 1 saturated heterocycles. The van der Waals surface area contributed by atoms with Gasteiger partial charge in [-0.3, -0.25) is 4.79 Å². The summed E-state index contributed by atoms with van der Waals surface area (Å²) in [5, 5.41) is 0. The van der Waals surface area contributed by atoms with Gasteiger partial charge in [0.15, 0.2) is 0 Å². The van der Waals surface area contributed by atoms with E-state index in [1.54, 1.807) is 0 Å². The Morgan fingerprint density at radius 2 is 1.90 bits per heavy atom. The molecule has 2 fully saturated rings. The van der Waals surface area contributed by atoms with Crippen LogP contribution in [0.5, 0.6) is 0 Å². The standard InChI is InChI=1S/C16H21BrN2O.ClH/c1-15(18,12-3-5-13(17)6-4-12)14(20)19-10-9-16(11-19)7-2-8-16;/h3-6H,2,7-11,18H2,1H3;1H. The van der Waals surface area contributed by atoms with Gasteiger partial charge in [-0.05, 0) is 49.3 Å². The molecule has 0 radical (unpaired) electrons. The van der Waals surface area contributed by atoms with E-state index < -0.39 is 5.54 Å². The lowest BCUT2D eigenvalue weighted by molar-refractivity contribution is -0.136. The SMILES string of the molecule is CC(N)(C(=O)N1CCC2(CCC2)C1)c1ccc(Br)cc1.Cl. The molecule has 1 aromatic carbocycles. The average molecular weight is 374 g/mol. The van der Waals surface area contributed by atoms with Gasteiger partial charge in [-0.25, -0.2) is 0 Å². The first kappa shape index (κ1) is 16.8. The summed E-state index contributed by atoms with van der Waals surface area (Å²) in [6.45, 7) is 3.58. The molecule has 0 bridgehead atoms. The van der Waals surface area contributed by atoms with E-state index in [1.807, 2.05) is 36.1 Å². The van der Waals surface area contributed by atoms with Gasteiger partial charge < -0.3 is 10.6 Å². The van der Waals surface area contributed by atoms with Crippen molar-refractivity contribution in [3.63, 3.8) is 0 Å². The molecular weight excluding hydrogens is 352 g/mol. The van der Waals surface area contributed by atoms with Gasteiger partial charge in [-0.1, -0.05) is 34.5 Å². The second-order valence-electron chi connectivity index (χ2n) is 6.54. The van der Waals surface area contributed by atoms with Gasteiger partial charge in [-0.2, -0.15) is 0 Å². The monoisotopic (exact) mass is 372 g/mol. The topological polar surface area (TPSA) is 46.3 Å². The number of halogens is 2. The minimum Gasteiger partial charge on any atom is -0.340 e. The number of amides is 1. The molecule has 1 aromatic rings. The van der Waals surface area contributed by atoms with E-state index in [0.29, 0.717) is 5.41 Å². The summed E-state index contributed by atoms with van der Waals surface area (Å²) in [7, 11) is 0. The Morgan fingerprint density at radius 3 is 2.38 bits per heavy atom. The lowest BCUT2D eigenvalue weighted by Crippen LogP contribution is -2.51. The van der Waals surface area contributed by atoms with Crippen LogP contribution in [-0.2, 0) is 10.3 Å². The number of rotatable bonds is 2. The van der Waals surface area contributed by atoms with Crippen LogP contribution >= 0.6 is 28.3 Å². The van der Waals surface area contributed by atoms with Crippen LogP contribution in [0.25, 0.3) is 0 Å². The van der Waals surface area contributed by atoms with Crippen molar-refractivity contribution in [2.24, 2.45) is 11.1 Å². The number of hydrogen-bond donors (Lipinski definition) is 1. The van der Waals surface area contributed by atoms with Crippen LogP contribution in [0.1, 0.15) is 38.2 Å². The van der Waals surface area contributed by atoms with Crippen molar-refractivity contribution in [2.75, 3.05) is 13.1 Å². The molecule has 1 spiro atoms. The zero-order valence-electron chi connectivity index (χ0n) is 12.3. The highest BCUT2D eigenvalue weighted by Crippen LogP contribution is 2.48. The van der Waals surface area contributed by atoms with Crippen molar-refractivity contribution < 1.29 is 4.79 Å². The quantitative estimate of drug-likeness (QED) is 0.863. The first-order valence-corrected chi connectivity index (χ1v) is 8.07. The Bertz CT molecular complexity index is 526. The largest absolute Gasteiger partial charge is 0.340 e. The van der Waals surface area contributed by atoms with Gasteiger partial charge in [0.1, 0.15) is 5.54 Å². The van der Waals surface area contributed by atoms with Crippen LogP contribution in [0, 0.1) is 5.41 Å². The number of carbonyl (C=O) groups excluding carboxylic acids is 1. The summed E-state index contributed by atoms with van der Waals surface area (Å²) in [4.78, 5) is 14.7. The summed E-state index contributed by atoms with van der Waals surface area (Å²) < 4.78 is 0.999. The molecule has 1 amide bonds. The fraction of sp³-hybridized carbons (Fsp3) is 0.562. The molecule has 5 heteroatoms. The summed E-state index contributed by atoms with van der Waals surface area (Å²) >= 11 is 3.41. The van der Waals surface area contributed by atoms with Crippen LogP contribution < -0.4 is 5.73 Å². The van der Waals surface area contributed by atoms with Crippen molar-refractivity contribution in [2.45, 2.75) is 38.1 Å². The van der Waals surface area contributed by atoms with Crippen LogP contribution in [0.3, 0.4) is 0 Å². The van der Waals surface area contributed by atoms with Gasteiger partial charge >= 0.3 is 0 Å². The van der Waals surface area contributed by atoms with E-state index in [0.717, 1.165) is 29.5 Å². The molecule has 116 valence electrons. The van der Waals surface area contributed by atoms with E-state index in [4.69, 9.17) is 5.73 Å². The predicted octanol–water partition coefficient (Wildman–Crippen LogP) is 3.45. The van der Waals surface area contributed by atoms with Crippen molar-refractivity contribution in [1.29, 1.82) is 0 Å². The Balaban J connectivity index is 0.00000161. The van der Waals surface area contributed by atoms with Crippen molar-refractivity contribution >= 4 is 34.2 Å². The molecule has 0 aromatic heterocycles. The highest BCUT2D eigenvalue weighted by Gasteiger charge is 2.46. The smallest absolute Gasteiger partial charge is 0.246 e. The molecule has 2 aliphatic rings. The first-order chi connectivity index (χ1) is 9.43. The summed E-state index contributed by atoms with van der Waals surface area (Å²) in [5.41, 5.74) is 6.72. The Morgan fingerprint density at radius 1 is 1.29 bits per heavy atom. The summed E-state index contributed by atoms with van der Waals surface area (Å²) in [6, 6.07) is 7.73. The maximum atomic E-state index is 12.8. The molecule has 1 atom stereocenters. The Hall–Kier alpha value is -0.580. The van der Waals surface area contributed by atoms with Crippen molar-refractivity contribution in [3.8, 4) is 0 Å². The molecule has 1 saturated carbocycles. The van der Waals surface area contributed by atoms with Crippen LogP contribution in [-0.4, -0.2) is 23.9 Å². The average Bonchev–Trinajstić information content (AvgIpc) is 2.83. The van der Waals surface area contributed by atoms with E-state index in [2.05, 4.69) is 15.9 Å². The van der Waals surface area contributed by atoms with E-state index >= 15 is 0 Å². The zero-order valence-corrected chi connectivity index (χ0v) is 14.7. The van der Waals surface area contributed by atoms with Crippen LogP contribution in [0.2, 0.25) is 0 Å². The van der Waals surface area contributed by atoms with Crippen LogP contribution in [0.15, 0.2) is 28.7 Å². The molecule has 1 aliphatic carbocycles. The van der Waals surface area contributed by atoms with Crippen LogP contribution in [0.4, 0.5) is 0 Å². The zero-order chi connectivity index (χ0) is 14.4. The van der Waals surface area contributed by atoms with Crippen molar-refractivity contribution in [1.82, 2.24) is 4.90 Å². The second-order valence-corrected chi connectivity index (χ2v) is 7.46. The third kappa shape index (κ3) is 2.99. The minimum absolute atomic E-state index is 0. The number of nitrogens with zero attached hydrogens (tertiary/aromatic N) is 1. The molecule has 2 N–H and O–H groups in total. The second kappa shape index (κ2) is 5.90. The number of hydrogen-bond acceptors (Lipinski definition) is 2. The molecule has 1 unspecified atom stereocenters. The first-order valence-electron chi connectivity index (χ1n) is 7.27. The highest BCUT2D eigenvalue weighted by atomic mass is 79.9. The lowest BCUT2D eigenvalue weighted by atomic mass is 9.68. The maximum absolute atomic E-state index is 12.8. The Kier molecular flexibility index (Phi) is 4.72. The minimum atomic E-state index is -0.935. The molecule has 3 rings (SSSR count). The molecular formula is C16H22BrClN2O. The Labute approximate surface area is 140 Å². The molecule has 3 nitrogen and oxygen atoms in total. The van der Waals surface area contributed by atoms with Gasteiger partial charge in [0.2, 0.25) is 5.91 Å². The third-order valence-electron chi connectivity index (χ3n) is 5.03. The van der Waals surface area contributed by atoms with E-state index in [9.17, 15) is 4.79 Å². The predicted molar refractivity (Wildman–Crippen MR) is 90.4 cm³/mol. The molecule has 1 heterocycles. The number of benzene rings is 1. The summed E-state index contributed by atoms with van der Waals surface area (Å²) in [5.74, 6) is 0.0589.